The molecule has 0 spiro atoms. The lowest BCUT2D eigenvalue weighted by Gasteiger charge is -2.21. The number of amides is 1. The Morgan fingerprint density at radius 3 is 2.57 bits per heavy atom. The number of carbonyl (C=O) groups is 1. The monoisotopic (exact) mass is 364 g/mol. The number of rotatable bonds is 6. The zero-order valence-electron chi connectivity index (χ0n) is 11.7. The van der Waals surface area contributed by atoms with Crippen LogP contribution >= 0.6 is 15.9 Å². The first kappa shape index (κ1) is 17.3. The first-order valence-corrected chi connectivity index (χ1v) is 6.61. The van der Waals surface area contributed by atoms with E-state index < -0.39 is 22.3 Å². The van der Waals surface area contributed by atoms with E-state index in [1.54, 1.807) is 0 Å². The van der Waals surface area contributed by atoms with Crippen molar-refractivity contribution in [3.8, 4) is 5.75 Å². The van der Waals surface area contributed by atoms with Gasteiger partial charge < -0.3 is 14.4 Å². The molecule has 1 aromatic carbocycles. The summed E-state index contributed by atoms with van der Waals surface area (Å²) in [6.45, 7) is 1.43. The van der Waals surface area contributed by atoms with Crippen LogP contribution < -0.4 is 9.64 Å². The number of anilines is 1. The third-order valence-electron chi connectivity index (χ3n) is 2.72. The molecule has 7 nitrogen and oxygen atoms in total. The molecule has 0 aromatic heterocycles. The standard InChI is InChI=1S/C12H14BrFN2O5/c1-7(17)15(4-5-20-2)8-6-9(21-3)10(13)11(14)12(8)16(18)19/h6H,4-5H2,1-3H3. The smallest absolute Gasteiger partial charge is 0.329 e. The topological polar surface area (TPSA) is 81.9 Å². The number of nitro benzene ring substituents is 1. The molecule has 21 heavy (non-hydrogen) atoms. The van der Waals surface area contributed by atoms with Crippen LogP contribution in [0.4, 0.5) is 15.8 Å². The number of nitrogens with zero attached hydrogens (tertiary/aromatic N) is 2. The fourth-order valence-corrected chi connectivity index (χ4v) is 2.20. The van der Waals surface area contributed by atoms with Crippen LogP contribution in [-0.4, -0.2) is 38.2 Å². The number of halogens is 2. The van der Waals surface area contributed by atoms with E-state index >= 15 is 0 Å². The van der Waals surface area contributed by atoms with Gasteiger partial charge in [0.2, 0.25) is 11.7 Å². The van der Waals surface area contributed by atoms with Gasteiger partial charge in [-0.15, -0.1) is 0 Å². The van der Waals surface area contributed by atoms with Gasteiger partial charge in [-0.1, -0.05) is 0 Å². The number of nitro groups is 1. The maximum absolute atomic E-state index is 14.2. The lowest BCUT2D eigenvalue weighted by molar-refractivity contribution is -0.386. The van der Waals surface area contributed by atoms with Gasteiger partial charge in [-0.3, -0.25) is 14.9 Å². The summed E-state index contributed by atoms with van der Waals surface area (Å²) in [6, 6.07) is 1.24. The number of methoxy groups -OCH3 is 2. The van der Waals surface area contributed by atoms with Crippen LogP contribution in [0.3, 0.4) is 0 Å². The van der Waals surface area contributed by atoms with Gasteiger partial charge in [-0.25, -0.2) is 0 Å². The molecule has 0 atom stereocenters. The molecule has 0 saturated heterocycles. The van der Waals surface area contributed by atoms with Crippen molar-refractivity contribution in [3.63, 3.8) is 0 Å². The molecule has 0 unspecified atom stereocenters. The van der Waals surface area contributed by atoms with E-state index in [4.69, 9.17) is 9.47 Å². The highest BCUT2D eigenvalue weighted by atomic mass is 79.9. The molecular weight excluding hydrogens is 351 g/mol. The van der Waals surface area contributed by atoms with Gasteiger partial charge in [0, 0.05) is 26.6 Å². The largest absolute Gasteiger partial charge is 0.495 e. The molecule has 0 aliphatic rings. The minimum atomic E-state index is -1.10. The van der Waals surface area contributed by atoms with E-state index in [1.165, 1.54) is 27.2 Å². The summed E-state index contributed by atoms with van der Waals surface area (Å²) >= 11 is 2.90. The van der Waals surface area contributed by atoms with Gasteiger partial charge >= 0.3 is 5.69 Å². The Kier molecular flexibility index (Phi) is 6.03. The van der Waals surface area contributed by atoms with Crippen molar-refractivity contribution >= 4 is 33.2 Å². The average molecular weight is 365 g/mol. The summed E-state index contributed by atoms with van der Waals surface area (Å²) in [6.07, 6.45) is 0. The molecule has 0 aliphatic heterocycles. The quantitative estimate of drug-likeness (QED) is 0.572. The molecule has 1 amide bonds. The molecular formula is C12H14BrFN2O5. The Hall–Kier alpha value is -1.74. The van der Waals surface area contributed by atoms with Gasteiger partial charge in [0.15, 0.2) is 0 Å². The summed E-state index contributed by atoms with van der Waals surface area (Å²) in [7, 11) is 2.72. The van der Waals surface area contributed by atoms with Crippen LogP contribution in [0.5, 0.6) is 5.75 Å². The molecule has 0 heterocycles. The molecule has 0 radical (unpaired) electrons. The van der Waals surface area contributed by atoms with Gasteiger partial charge in [0.05, 0.1) is 18.6 Å². The van der Waals surface area contributed by atoms with E-state index in [2.05, 4.69) is 15.9 Å². The number of carbonyl (C=O) groups excluding carboxylic acids is 1. The average Bonchev–Trinajstić information content (AvgIpc) is 2.41. The van der Waals surface area contributed by atoms with Crippen LogP contribution in [0.2, 0.25) is 0 Å². The van der Waals surface area contributed by atoms with Gasteiger partial charge in [0.25, 0.3) is 0 Å². The van der Waals surface area contributed by atoms with Crippen molar-refractivity contribution in [2.24, 2.45) is 0 Å². The molecule has 0 bridgehead atoms. The Morgan fingerprint density at radius 2 is 2.14 bits per heavy atom. The number of hydrogen-bond acceptors (Lipinski definition) is 5. The van der Waals surface area contributed by atoms with Crippen molar-refractivity contribution < 1.29 is 23.6 Å². The Balaban J connectivity index is 3.53. The van der Waals surface area contributed by atoms with E-state index in [1.807, 2.05) is 0 Å². The summed E-state index contributed by atoms with van der Waals surface area (Å²) in [4.78, 5) is 23.0. The zero-order chi connectivity index (χ0) is 16.2. The van der Waals surface area contributed by atoms with Crippen molar-refractivity contribution in [1.29, 1.82) is 0 Å². The van der Waals surface area contributed by atoms with Gasteiger partial charge in [-0.05, 0) is 15.9 Å². The Morgan fingerprint density at radius 1 is 1.52 bits per heavy atom. The Labute approximate surface area is 128 Å². The molecule has 0 fully saturated rings. The second-order valence-electron chi connectivity index (χ2n) is 4.00. The fourth-order valence-electron chi connectivity index (χ4n) is 1.74. The van der Waals surface area contributed by atoms with Gasteiger partial charge in [0.1, 0.15) is 15.9 Å². The van der Waals surface area contributed by atoms with Crippen LogP contribution in [0.25, 0.3) is 0 Å². The zero-order valence-corrected chi connectivity index (χ0v) is 13.3. The predicted octanol–water partition coefficient (Wildman–Crippen LogP) is 2.50. The number of hydrogen-bond donors (Lipinski definition) is 0. The number of benzene rings is 1. The predicted molar refractivity (Wildman–Crippen MR) is 77.2 cm³/mol. The maximum Gasteiger partial charge on any atom is 0.329 e. The molecule has 1 rings (SSSR count). The first-order chi connectivity index (χ1) is 9.84. The minimum absolute atomic E-state index is 0.0525. The molecule has 0 aliphatic carbocycles. The van der Waals surface area contributed by atoms with Crippen molar-refractivity contribution in [1.82, 2.24) is 0 Å². The second kappa shape index (κ2) is 7.32. The molecule has 0 saturated carbocycles. The minimum Gasteiger partial charge on any atom is -0.495 e. The van der Waals surface area contributed by atoms with Crippen molar-refractivity contribution in [3.05, 3.63) is 26.5 Å². The summed E-state index contributed by atoms with van der Waals surface area (Å²) in [5, 5.41) is 11.1. The highest BCUT2D eigenvalue weighted by Gasteiger charge is 2.30. The highest BCUT2D eigenvalue weighted by molar-refractivity contribution is 9.10. The third-order valence-corrected chi connectivity index (χ3v) is 3.46. The first-order valence-electron chi connectivity index (χ1n) is 5.82. The van der Waals surface area contributed by atoms with Crippen LogP contribution in [0.1, 0.15) is 6.92 Å². The normalized spacial score (nSPS) is 10.3. The van der Waals surface area contributed by atoms with E-state index in [0.717, 1.165) is 4.90 Å². The van der Waals surface area contributed by atoms with Crippen LogP contribution in [0.15, 0.2) is 10.5 Å². The molecule has 116 valence electrons. The fraction of sp³-hybridized carbons (Fsp3) is 0.417. The van der Waals surface area contributed by atoms with Crippen molar-refractivity contribution in [2.45, 2.75) is 6.92 Å². The Bertz CT molecular complexity index is 567. The highest BCUT2D eigenvalue weighted by Crippen LogP contribution is 2.41. The summed E-state index contributed by atoms with van der Waals surface area (Å²) in [5.74, 6) is -1.52. The lowest BCUT2D eigenvalue weighted by atomic mass is 10.2. The van der Waals surface area contributed by atoms with Crippen molar-refractivity contribution in [2.75, 3.05) is 32.3 Å². The van der Waals surface area contributed by atoms with Crippen LogP contribution in [-0.2, 0) is 9.53 Å². The van der Waals surface area contributed by atoms with E-state index in [9.17, 15) is 19.3 Å². The summed E-state index contributed by atoms with van der Waals surface area (Å²) in [5.41, 5.74) is -0.976. The molecule has 1 aromatic rings. The second-order valence-corrected chi connectivity index (χ2v) is 4.79. The number of ether oxygens (including phenoxy) is 2. The van der Waals surface area contributed by atoms with E-state index in [-0.39, 0.29) is 29.1 Å². The maximum atomic E-state index is 14.2. The molecule has 0 N–H and O–H groups in total. The SMILES string of the molecule is COCCN(C(C)=O)c1cc(OC)c(Br)c(F)c1[N+](=O)[O-]. The van der Waals surface area contributed by atoms with Gasteiger partial charge in [-0.2, -0.15) is 4.39 Å². The van der Waals surface area contributed by atoms with Crippen LogP contribution in [0, 0.1) is 15.9 Å². The molecule has 9 heteroatoms. The third kappa shape index (κ3) is 3.67. The lowest BCUT2D eigenvalue weighted by Crippen LogP contribution is -2.32. The summed E-state index contributed by atoms with van der Waals surface area (Å²) < 4.78 is 23.8. The van der Waals surface area contributed by atoms with E-state index in [0.29, 0.717) is 0 Å².